The molecule has 1 saturated heterocycles. The van der Waals surface area contributed by atoms with Crippen molar-refractivity contribution in [1.82, 2.24) is 15.2 Å². The molecule has 2 heterocycles. The zero-order valence-electron chi connectivity index (χ0n) is 18.2. The van der Waals surface area contributed by atoms with Crippen molar-refractivity contribution in [3.05, 3.63) is 45.9 Å². The number of halogens is 1. The van der Waals surface area contributed by atoms with Crippen LogP contribution in [0.5, 0.6) is 0 Å². The summed E-state index contributed by atoms with van der Waals surface area (Å²) in [7, 11) is 0. The van der Waals surface area contributed by atoms with Crippen molar-refractivity contribution in [3.8, 4) is 0 Å². The van der Waals surface area contributed by atoms with Crippen molar-refractivity contribution in [2.45, 2.75) is 52.5 Å². The highest BCUT2D eigenvalue weighted by Gasteiger charge is 2.26. The van der Waals surface area contributed by atoms with Crippen molar-refractivity contribution in [3.63, 3.8) is 0 Å². The number of carbonyl (C=O) groups is 2. The van der Waals surface area contributed by atoms with Gasteiger partial charge in [-0.3, -0.25) is 14.5 Å². The van der Waals surface area contributed by atoms with Crippen LogP contribution in [0.25, 0.3) is 0 Å². The zero-order chi connectivity index (χ0) is 22.5. The van der Waals surface area contributed by atoms with E-state index in [9.17, 15) is 9.59 Å². The van der Waals surface area contributed by atoms with Crippen LogP contribution in [0.1, 0.15) is 43.7 Å². The van der Waals surface area contributed by atoms with Gasteiger partial charge < -0.3 is 15.4 Å². The van der Waals surface area contributed by atoms with E-state index in [1.54, 1.807) is 24.3 Å². The summed E-state index contributed by atoms with van der Waals surface area (Å²) in [6.45, 7) is 10.3. The van der Waals surface area contributed by atoms with Crippen LogP contribution in [0, 0.1) is 5.92 Å². The van der Waals surface area contributed by atoms with Crippen LogP contribution < -0.4 is 10.6 Å². The minimum atomic E-state index is -0.684. The second-order valence-corrected chi connectivity index (χ2v) is 9.58. The average molecular weight is 465 g/mol. The molecule has 1 aromatic carbocycles. The summed E-state index contributed by atoms with van der Waals surface area (Å²) in [6.07, 6.45) is 0.384. The summed E-state index contributed by atoms with van der Waals surface area (Å²) in [5.74, 6) is -0.695. The molecule has 0 spiro atoms. The third kappa shape index (κ3) is 6.74. The van der Waals surface area contributed by atoms with E-state index in [-0.39, 0.29) is 29.9 Å². The lowest BCUT2D eigenvalue weighted by Gasteiger charge is -2.34. The van der Waals surface area contributed by atoms with Gasteiger partial charge in [0.15, 0.2) is 5.13 Å². The van der Waals surface area contributed by atoms with E-state index in [2.05, 4.69) is 34.4 Å². The summed E-state index contributed by atoms with van der Waals surface area (Å²) >= 11 is 7.27. The van der Waals surface area contributed by atoms with Crippen molar-refractivity contribution in [2.24, 2.45) is 5.92 Å². The predicted molar refractivity (Wildman–Crippen MR) is 124 cm³/mol. The average Bonchev–Trinajstić information content (AvgIpc) is 3.11. The third-order valence-electron chi connectivity index (χ3n) is 5.00. The van der Waals surface area contributed by atoms with Gasteiger partial charge >= 0.3 is 0 Å². The number of amides is 2. The van der Waals surface area contributed by atoms with E-state index in [1.807, 2.05) is 19.2 Å². The van der Waals surface area contributed by atoms with Gasteiger partial charge in [-0.15, -0.1) is 11.3 Å². The third-order valence-corrected chi connectivity index (χ3v) is 6.06. The van der Waals surface area contributed by atoms with Crippen LogP contribution in [-0.4, -0.2) is 53.0 Å². The lowest BCUT2D eigenvalue weighted by atomic mass is 10.0. The van der Waals surface area contributed by atoms with E-state index >= 15 is 0 Å². The van der Waals surface area contributed by atoms with Gasteiger partial charge in [-0.1, -0.05) is 25.4 Å². The van der Waals surface area contributed by atoms with Gasteiger partial charge in [0.25, 0.3) is 5.91 Å². The number of nitrogens with zero attached hydrogens (tertiary/aromatic N) is 2. The topological polar surface area (TPSA) is 83.6 Å². The molecule has 1 aliphatic rings. The number of anilines is 1. The number of ether oxygens (including phenoxy) is 1. The van der Waals surface area contributed by atoms with Crippen molar-refractivity contribution in [2.75, 3.05) is 18.4 Å². The summed E-state index contributed by atoms with van der Waals surface area (Å²) in [6, 6.07) is 5.87. The fraction of sp³-hybridized carbons (Fsp3) is 0.500. The van der Waals surface area contributed by atoms with Gasteiger partial charge in [-0.25, -0.2) is 4.98 Å². The molecule has 3 atom stereocenters. The Morgan fingerprint density at radius 2 is 1.87 bits per heavy atom. The number of hydrogen-bond donors (Lipinski definition) is 2. The molecule has 31 heavy (non-hydrogen) atoms. The van der Waals surface area contributed by atoms with Crippen LogP contribution in [-0.2, 0) is 16.1 Å². The fourth-order valence-electron chi connectivity index (χ4n) is 3.62. The van der Waals surface area contributed by atoms with E-state index in [0.29, 0.717) is 22.3 Å². The Labute approximate surface area is 192 Å². The summed E-state index contributed by atoms with van der Waals surface area (Å²) in [5.41, 5.74) is 1.36. The summed E-state index contributed by atoms with van der Waals surface area (Å²) in [4.78, 5) is 32.3. The Morgan fingerprint density at radius 3 is 2.48 bits per heavy atom. The standard InChI is InChI=1S/C22H29ClN4O3S/c1-13(2)19(25-20(28)16-5-7-17(23)8-6-16)21(29)26-22-24-18(12-31-22)11-27-9-14(3)30-15(4)10-27/h5-8,12-15,19H,9-11H2,1-4H3,(H,25,28)(H,24,26,29)/t14-,15-,19+/m1/s1. The van der Waals surface area contributed by atoms with Crippen LogP contribution in [0.15, 0.2) is 29.6 Å². The van der Waals surface area contributed by atoms with Crippen molar-refractivity contribution < 1.29 is 14.3 Å². The maximum atomic E-state index is 12.9. The van der Waals surface area contributed by atoms with Crippen molar-refractivity contribution >= 4 is 39.9 Å². The monoisotopic (exact) mass is 464 g/mol. The van der Waals surface area contributed by atoms with Gasteiger partial charge in [0, 0.05) is 35.6 Å². The number of benzene rings is 1. The Morgan fingerprint density at radius 1 is 1.23 bits per heavy atom. The molecule has 0 radical (unpaired) electrons. The molecule has 3 rings (SSSR count). The molecular formula is C22H29ClN4O3S. The molecule has 9 heteroatoms. The number of thiazole rings is 1. The zero-order valence-corrected chi connectivity index (χ0v) is 19.8. The van der Waals surface area contributed by atoms with Crippen LogP contribution in [0.2, 0.25) is 5.02 Å². The van der Waals surface area contributed by atoms with Crippen LogP contribution >= 0.6 is 22.9 Å². The van der Waals surface area contributed by atoms with Gasteiger partial charge in [-0.2, -0.15) is 0 Å². The first kappa shape index (κ1) is 23.7. The largest absolute Gasteiger partial charge is 0.373 e. The van der Waals surface area contributed by atoms with Gasteiger partial charge in [0.05, 0.1) is 17.9 Å². The molecule has 0 saturated carbocycles. The highest BCUT2D eigenvalue weighted by atomic mass is 35.5. The lowest BCUT2D eigenvalue weighted by molar-refractivity contribution is -0.118. The van der Waals surface area contributed by atoms with Gasteiger partial charge in [0.2, 0.25) is 5.91 Å². The molecule has 2 amide bonds. The number of hydrogen-bond acceptors (Lipinski definition) is 6. The molecule has 1 aromatic heterocycles. The predicted octanol–water partition coefficient (Wildman–Crippen LogP) is 3.80. The number of morpholine rings is 1. The second kappa shape index (κ2) is 10.5. The van der Waals surface area contributed by atoms with Crippen LogP contribution in [0.3, 0.4) is 0 Å². The maximum absolute atomic E-state index is 12.9. The first-order valence-electron chi connectivity index (χ1n) is 10.4. The Bertz CT molecular complexity index is 892. The molecule has 1 aliphatic heterocycles. The summed E-state index contributed by atoms with van der Waals surface area (Å²) in [5, 5.41) is 8.70. The van der Waals surface area contributed by atoms with Crippen molar-refractivity contribution in [1.29, 1.82) is 0 Å². The Balaban J connectivity index is 1.59. The number of nitrogens with one attached hydrogen (secondary N) is 2. The summed E-state index contributed by atoms with van der Waals surface area (Å²) < 4.78 is 5.77. The normalized spacial score (nSPS) is 20.5. The molecule has 7 nitrogen and oxygen atoms in total. The van der Waals surface area contributed by atoms with E-state index in [0.717, 1.165) is 18.8 Å². The van der Waals surface area contributed by atoms with Gasteiger partial charge in [-0.05, 0) is 44.0 Å². The smallest absolute Gasteiger partial charge is 0.251 e. The molecule has 1 fully saturated rings. The Kier molecular flexibility index (Phi) is 8.05. The first-order chi connectivity index (χ1) is 14.7. The first-order valence-corrected chi connectivity index (χ1v) is 11.7. The molecular weight excluding hydrogens is 436 g/mol. The molecule has 0 unspecified atom stereocenters. The van der Waals surface area contributed by atoms with Gasteiger partial charge in [0.1, 0.15) is 6.04 Å². The van der Waals surface area contributed by atoms with Crippen LogP contribution in [0.4, 0.5) is 5.13 Å². The highest BCUT2D eigenvalue weighted by Crippen LogP contribution is 2.20. The Hall–Kier alpha value is -2.00. The van der Waals surface area contributed by atoms with E-state index < -0.39 is 6.04 Å². The quantitative estimate of drug-likeness (QED) is 0.651. The molecule has 168 valence electrons. The minimum absolute atomic E-state index is 0.0907. The second-order valence-electron chi connectivity index (χ2n) is 8.29. The molecule has 2 N–H and O–H groups in total. The number of aromatic nitrogens is 1. The molecule has 0 aliphatic carbocycles. The molecule has 2 aromatic rings. The highest BCUT2D eigenvalue weighted by molar-refractivity contribution is 7.13. The maximum Gasteiger partial charge on any atom is 0.251 e. The van der Waals surface area contributed by atoms with E-state index in [1.165, 1.54) is 11.3 Å². The SMILES string of the molecule is CC(C)[C@H](NC(=O)c1ccc(Cl)cc1)C(=O)Nc1nc(CN2C[C@@H](C)O[C@H](C)C2)cs1. The minimum Gasteiger partial charge on any atom is -0.373 e. The number of rotatable bonds is 7. The fourth-order valence-corrected chi connectivity index (χ4v) is 4.45. The molecule has 0 bridgehead atoms. The number of carbonyl (C=O) groups excluding carboxylic acids is 2. The van der Waals surface area contributed by atoms with E-state index in [4.69, 9.17) is 16.3 Å². The lowest BCUT2D eigenvalue weighted by Crippen LogP contribution is -2.47.